The lowest BCUT2D eigenvalue weighted by Gasteiger charge is -2.34. The van der Waals surface area contributed by atoms with Gasteiger partial charge in [-0.2, -0.15) is 0 Å². The van der Waals surface area contributed by atoms with E-state index < -0.39 is 5.60 Å². The number of hydrogen-bond donors (Lipinski definition) is 2. The molecule has 1 aromatic rings. The molecule has 26 heavy (non-hydrogen) atoms. The van der Waals surface area contributed by atoms with Crippen molar-refractivity contribution in [1.29, 1.82) is 0 Å². The van der Waals surface area contributed by atoms with Crippen LogP contribution in [-0.2, 0) is 10.3 Å². The standard InChI is InChI=1S/C21H36N2O3/c1-21(24,18-23-13-16-25-17-14-23)19-10-6-7-11-20(19)26-15-9-5-3-2-4-8-12-22/h6-7,10-11,24H,2-5,8-9,12-18,22H2,1H3. The van der Waals surface area contributed by atoms with Gasteiger partial charge in [-0.15, -0.1) is 0 Å². The molecule has 0 aromatic heterocycles. The molecule has 5 nitrogen and oxygen atoms in total. The van der Waals surface area contributed by atoms with E-state index in [1.54, 1.807) is 0 Å². The normalized spacial score (nSPS) is 17.8. The van der Waals surface area contributed by atoms with E-state index in [4.69, 9.17) is 15.2 Å². The first-order valence-corrected chi connectivity index (χ1v) is 10.1. The van der Waals surface area contributed by atoms with Gasteiger partial charge in [-0.25, -0.2) is 0 Å². The van der Waals surface area contributed by atoms with Gasteiger partial charge in [0.2, 0.25) is 0 Å². The summed E-state index contributed by atoms with van der Waals surface area (Å²) in [6, 6.07) is 7.87. The quantitative estimate of drug-likeness (QED) is 0.558. The van der Waals surface area contributed by atoms with Crippen molar-refractivity contribution in [3.63, 3.8) is 0 Å². The van der Waals surface area contributed by atoms with Gasteiger partial charge in [0.05, 0.1) is 19.8 Å². The Morgan fingerprint density at radius 3 is 2.46 bits per heavy atom. The van der Waals surface area contributed by atoms with Crippen LogP contribution in [0.25, 0.3) is 0 Å². The average molecular weight is 365 g/mol. The summed E-state index contributed by atoms with van der Waals surface area (Å²) in [5.41, 5.74) is 5.45. The minimum atomic E-state index is -0.934. The maximum Gasteiger partial charge on any atom is 0.125 e. The second-order valence-corrected chi connectivity index (χ2v) is 7.42. The lowest BCUT2D eigenvalue weighted by Crippen LogP contribution is -2.44. The summed E-state index contributed by atoms with van der Waals surface area (Å²) in [5.74, 6) is 0.800. The Morgan fingerprint density at radius 1 is 1.08 bits per heavy atom. The molecule has 1 heterocycles. The number of ether oxygens (including phenoxy) is 2. The summed E-state index contributed by atoms with van der Waals surface area (Å²) in [6.45, 7) is 7.16. The van der Waals surface area contributed by atoms with Gasteiger partial charge in [-0.1, -0.05) is 43.9 Å². The smallest absolute Gasteiger partial charge is 0.125 e. The van der Waals surface area contributed by atoms with Crippen LogP contribution in [0.1, 0.15) is 51.0 Å². The van der Waals surface area contributed by atoms with Crippen molar-refractivity contribution in [2.75, 3.05) is 46.0 Å². The molecule has 2 rings (SSSR count). The van der Waals surface area contributed by atoms with Crippen LogP contribution in [-0.4, -0.2) is 56.0 Å². The molecule has 0 aliphatic carbocycles. The molecule has 1 atom stereocenters. The zero-order valence-corrected chi connectivity index (χ0v) is 16.3. The van der Waals surface area contributed by atoms with Crippen molar-refractivity contribution in [1.82, 2.24) is 4.90 Å². The maximum atomic E-state index is 11.1. The molecule has 1 fully saturated rings. The molecule has 0 saturated carbocycles. The Balaban J connectivity index is 1.80. The fourth-order valence-electron chi connectivity index (χ4n) is 3.45. The predicted molar refractivity (Wildman–Crippen MR) is 106 cm³/mol. The number of unbranched alkanes of at least 4 members (excludes halogenated alkanes) is 5. The lowest BCUT2D eigenvalue weighted by atomic mass is 9.94. The topological polar surface area (TPSA) is 68.0 Å². The van der Waals surface area contributed by atoms with E-state index in [1.165, 1.54) is 25.7 Å². The zero-order chi connectivity index (χ0) is 18.7. The molecule has 5 heteroatoms. The minimum absolute atomic E-state index is 0.595. The number of nitrogens with zero attached hydrogens (tertiary/aromatic N) is 1. The summed E-state index contributed by atoms with van der Waals surface area (Å²) in [7, 11) is 0. The summed E-state index contributed by atoms with van der Waals surface area (Å²) < 4.78 is 11.4. The first-order valence-electron chi connectivity index (χ1n) is 10.1. The van der Waals surface area contributed by atoms with Crippen molar-refractivity contribution in [2.24, 2.45) is 5.73 Å². The largest absolute Gasteiger partial charge is 0.493 e. The maximum absolute atomic E-state index is 11.1. The van der Waals surface area contributed by atoms with Crippen LogP contribution in [0.3, 0.4) is 0 Å². The third-order valence-electron chi connectivity index (χ3n) is 4.96. The molecular weight excluding hydrogens is 328 g/mol. The van der Waals surface area contributed by atoms with Crippen LogP contribution in [0.15, 0.2) is 24.3 Å². The molecule has 0 radical (unpaired) electrons. The van der Waals surface area contributed by atoms with Crippen LogP contribution in [0.5, 0.6) is 5.75 Å². The van der Waals surface area contributed by atoms with Crippen LogP contribution in [0, 0.1) is 0 Å². The first-order chi connectivity index (χ1) is 12.6. The number of hydrogen-bond acceptors (Lipinski definition) is 5. The molecular formula is C21H36N2O3. The predicted octanol–water partition coefficient (Wildman–Crippen LogP) is 2.90. The Morgan fingerprint density at radius 2 is 1.73 bits per heavy atom. The SMILES string of the molecule is CC(O)(CN1CCOCC1)c1ccccc1OCCCCCCCCN. The summed E-state index contributed by atoms with van der Waals surface area (Å²) >= 11 is 0. The van der Waals surface area contributed by atoms with Gasteiger partial charge in [0, 0.05) is 25.2 Å². The summed E-state index contributed by atoms with van der Waals surface area (Å²) in [5, 5.41) is 11.1. The van der Waals surface area contributed by atoms with Crippen molar-refractivity contribution in [3.05, 3.63) is 29.8 Å². The third kappa shape index (κ3) is 7.23. The number of nitrogens with two attached hydrogens (primary N) is 1. The molecule has 0 bridgehead atoms. The molecule has 148 valence electrons. The lowest BCUT2D eigenvalue weighted by molar-refractivity contribution is -0.0265. The van der Waals surface area contributed by atoms with Gasteiger partial charge < -0.3 is 20.3 Å². The highest BCUT2D eigenvalue weighted by molar-refractivity contribution is 5.38. The van der Waals surface area contributed by atoms with E-state index in [0.29, 0.717) is 13.2 Å². The molecule has 0 amide bonds. The Hall–Kier alpha value is -1.14. The number of benzene rings is 1. The van der Waals surface area contributed by atoms with Gasteiger partial charge in [-0.3, -0.25) is 4.90 Å². The Labute approximate surface area is 158 Å². The van der Waals surface area contributed by atoms with E-state index in [2.05, 4.69) is 4.90 Å². The van der Waals surface area contributed by atoms with Crippen molar-refractivity contribution in [2.45, 2.75) is 51.0 Å². The summed E-state index contributed by atoms with van der Waals surface area (Å²) in [4.78, 5) is 2.25. The monoisotopic (exact) mass is 364 g/mol. The molecule has 3 N–H and O–H groups in total. The fraction of sp³-hybridized carbons (Fsp3) is 0.714. The van der Waals surface area contributed by atoms with Crippen LogP contribution in [0.4, 0.5) is 0 Å². The van der Waals surface area contributed by atoms with E-state index in [1.807, 2.05) is 31.2 Å². The highest BCUT2D eigenvalue weighted by atomic mass is 16.5. The van der Waals surface area contributed by atoms with Gasteiger partial charge in [0.25, 0.3) is 0 Å². The highest BCUT2D eigenvalue weighted by Gasteiger charge is 2.30. The van der Waals surface area contributed by atoms with Crippen LogP contribution < -0.4 is 10.5 Å². The number of β-amino-alcohol motifs (C(OH)–C–C–N with tert-alkyl or cyclic N) is 1. The zero-order valence-electron chi connectivity index (χ0n) is 16.3. The van der Waals surface area contributed by atoms with E-state index in [9.17, 15) is 5.11 Å². The fourth-order valence-corrected chi connectivity index (χ4v) is 3.45. The second-order valence-electron chi connectivity index (χ2n) is 7.42. The Bertz CT molecular complexity index is 502. The molecule has 1 aromatic carbocycles. The number of para-hydroxylation sites is 1. The minimum Gasteiger partial charge on any atom is -0.493 e. The van der Waals surface area contributed by atoms with Gasteiger partial charge in [0.1, 0.15) is 11.4 Å². The van der Waals surface area contributed by atoms with Gasteiger partial charge in [0.15, 0.2) is 0 Å². The van der Waals surface area contributed by atoms with E-state index >= 15 is 0 Å². The number of morpholine rings is 1. The summed E-state index contributed by atoms with van der Waals surface area (Å²) in [6.07, 6.45) is 7.06. The second kappa shape index (κ2) is 11.5. The van der Waals surface area contributed by atoms with Crippen LogP contribution in [0.2, 0.25) is 0 Å². The molecule has 1 aliphatic heterocycles. The van der Waals surface area contributed by atoms with Gasteiger partial charge >= 0.3 is 0 Å². The Kier molecular flexibility index (Phi) is 9.40. The van der Waals surface area contributed by atoms with Crippen molar-refractivity contribution in [3.8, 4) is 5.75 Å². The van der Waals surface area contributed by atoms with Crippen molar-refractivity contribution >= 4 is 0 Å². The third-order valence-corrected chi connectivity index (χ3v) is 4.96. The highest BCUT2D eigenvalue weighted by Crippen LogP contribution is 2.31. The van der Waals surface area contributed by atoms with E-state index in [-0.39, 0.29) is 0 Å². The number of aliphatic hydroxyl groups is 1. The van der Waals surface area contributed by atoms with E-state index in [0.717, 1.165) is 57.0 Å². The first kappa shape index (κ1) is 21.2. The number of rotatable bonds is 12. The van der Waals surface area contributed by atoms with Crippen molar-refractivity contribution < 1.29 is 14.6 Å². The molecule has 1 saturated heterocycles. The molecule has 1 unspecified atom stereocenters. The molecule has 1 aliphatic rings. The average Bonchev–Trinajstić information content (AvgIpc) is 2.65. The molecule has 0 spiro atoms. The van der Waals surface area contributed by atoms with Gasteiger partial charge in [-0.05, 0) is 32.4 Å². The van der Waals surface area contributed by atoms with Crippen LogP contribution >= 0.6 is 0 Å².